The Bertz CT molecular complexity index is 949. The van der Waals surface area contributed by atoms with Crippen LogP contribution >= 0.6 is 0 Å². The third kappa shape index (κ3) is 6.29. The van der Waals surface area contributed by atoms with Gasteiger partial charge in [-0.3, -0.25) is 14.5 Å². The summed E-state index contributed by atoms with van der Waals surface area (Å²) in [7, 11) is 0. The summed E-state index contributed by atoms with van der Waals surface area (Å²) in [5, 5.41) is 12.6. The maximum absolute atomic E-state index is 13.6. The van der Waals surface area contributed by atoms with Crippen LogP contribution in [0.5, 0.6) is 5.75 Å². The van der Waals surface area contributed by atoms with Crippen molar-refractivity contribution in [1.29, 1.82) is 0 Å². The number of carbonyl (C=O) groups is 2. The number of carbonyl (C=O) groups excluding carboxylic acids is 2. The number of phenols is 1. The van der Waals surface area contributed by atoms with Gasteiger partial charge < -0.3 is 15.3 Å². The Morgan fingerprint density at radius 2 is 1.81 bits per heavy atom. The summed E-state index contributed by atoms with van der Waals surface area (Å²) in [6.45, 7) is 7.81. The minimum atomic E-state index is -0.403. The average molecular weight is 442 g/mol. The van der Waals surface area contributed by atoms with Gasteiger partial charge in [0, 0.05) is 18.0 Å². The molecular formula is C25H32FN3O3. The maximum atomic E-state index is 13.6. The molecule has 2 N–H and O–H groups in total. The first-order valence-electron chi connectivity index (χ1n) is 11.0. The van der Waals surface area contributed by atoms with Crippen molar-refractivity contribution in [2.24, 2.45) is 5.92 Å². The summed E-state index contributed by atoms with van der Waals surface area (Å²) in [4.78, 5) is 29.5. The quantitative estimate of drug-likeness (QED) is 0.665. The zero-order valence-corrected chi connectivity index (χ0v) is 19.0. The number of amides is 2. The fourth-order valence-electron chi connectivity index (χ4n) is 3.96. The number of nitrogens with one attached hydrogen (secondary N) is 1. The van der Waals surface area contributed by atoms with Gasteiger partial charge in [-0.15, -0.1) is 0 Å². The molecule has 1 heterocycles. The average Bonchev–Trinajstić information content (AvgIpc) is 2.73. The Morgan fingerprint density at radius 1 is 1.12 bits per heavy atom. The van der Waals surface area contributed by atoms with Crippen LogP contribution in [-0.2, 0) is 16.1 Å². The Kier molecular flexibility index (Phi) is 7.51. The minimum absolute atomic E-state index is 0.0149. The van der Waals surface area contributed by atoms with Crippen molar-refractivity contribution in [2.75, 3.05) is 25.0 Å². The summed E-state index contributed by atoms with van der Waals surface area (Å²) in [5.74, 6) is -0.553. The van der Waals surface area contributed by atoms with E-state index in [0.717, 1.165) is 5.56 Å². The van der Waals surface area contributed by atoms with Crippen LogP contribution < -0.4 is 5.32 Å². The van der Waals surface area contributed by atoms with E-state index in [-0.39, 0.29) is 35.8 Å². The number of hydrogen-bond donors (Lipinski definition) is 2. The Balaban J connectivity index is 1.55. The number of aromatic hydroxyl groups is 1. The van der Waals surface area contributed by atoms with Crippen molar-refractivity contribution < 1.29 is 19.1 Å². The lowest BCUT2D eigenvalue weighted by Crippen LogP contribution is -2.50. The molecule has 7 heteroatoms. The molecular weight excluding hydrogens is 409 g/mol. The third-order valence-electron chi connectivity index (χ3n) is 5.82. The monoisotopic (exact) mass is 441 g/mol. The standard InChI is InChI=1S/C25H32FN3O3/c1-25(2,3)29(16-18-7-6-8-20(26)15-18)23(31)17-28-13-11-19(12-14-28)24(32)27-21-9-4-5-10-22(21)30/h4-10,15,19,30H,11-14,16-17H2,1-3H3,(H,27,32). The molecule has 2 aromatic carbocycles. The van der Waals surface area contributed by atoms with Crippen LogP contribution in [0.1, 0.15) is 39.2 Å². The SMILES string of the molecule is CC(C)(C)N(Cc1cccc(F)c1)C(=O)CN1CCC(C(=O)Nc2ccccc2O)CC1. The van der Waals surface area contributed by atoms with Crippen LogP contribution in [-0.4, -0.2) is 51.9 Å². The normalized spacial score (nSPS) is 15.4. The summed E-state index contributed by atoms with van der Waals surface area (Å²) in [6, 6.07) is 13.0. The highest BCUT2D eigenvalue weighted by Gasteiger charge is 2.31. The molecule has 1 saturated heterocycles. The number of anilines is 1. The van der Waals surface area contributed by atoms with Crippen LogP contribution in [0.2, 0.25) is 0 Å². The van der Waals surface area contributed by atoms with Crippen molar-refractivity contribution in [2.45, 2.75) is 45.7 Å². The van der Waals surface area contributed by atoms with Gasteiger partial charge in [-0.05, 0) is 76.5 Å². The number of phenolic OH excluding ortho intramolecular Hbond substituents is 1. The first kappa shape index (κ1) is 23.7. The van der Waals surface area contributed by atoms with Gasteiger partial charge in [0.1, 0.15) is 11.6 Å². The number of halogens is 1. The molecule has 32 heavy (non-hydrogen) atoms. The Labute approximate surface area is 189 Å². The first-order valence-corrected chi connectivity index (χ1v) is 11.0. The molecule has 0 aromatic heterocycles. The van der Waals surface area contributed by atoms with Gasteiger partial charge in [0.2, 0.25) is 11.8 Å². The van der Waals surface area contributed by atoms with Crippen molar-refractivity contribution in [3.8, 4) is 5.75 Å². The van der Waals surface area contributed by atoms with Crippen molar-refractivity contribution in [3.05, 3.63) is 59.9 Å². The highest BCUT2D eigenvalue weighted by atomic mass is 19.1. The number of hydrogen-bond acceptors (Lipinski definition) is 4. The largest absolute Gasteiger partial charge is 0.506 e. The molecule has 0 saturated carbocycles. The van der Waals surface area contributed by atoms with E-state index < -0.39 is 5.54 Å². The first-order chi connectivity index (χ1) is 15.1. The fraction of sp³-hybridized carbons (Fsp3) is 0.440. The Hall–Kier alpha value is -2.93. The molecule has 0 spiro atoms. The summed E-state index contributed by atoms with van der Waals surface area (Å²) in [6.07, 6.45) is 1.29. The number of piperidine rings is 1. The number of likely N-dealkylation sites (tertiary alicyclic amines) is 1. The molecule has 6 nitrogen and oxygen atoms in total. The lowest BCUT2D eigenvalue weighted by atomic mass is 9.95. The topological polar surface area (TPSA) is 72.9 Å². The van der Waals surface area contributed by atoms with Gasteiger partial charge in [-0.2, -0.15) is 0 Å². The molecule has 1 aliphatic heterocycles. The van der Waals surface area contributed by atoms with Gasteiger partial charge in [0.15, 0.2) is 0 Å². The van der Waals surface area contributed by atoms with Crippen LogP contribution in [0.15, 0.2) is 48.5 Å². The van der Waals surface area contributed by atoms with E-state index in [0.29, 0.717) is 38.2 Å². The van der Waals surface area contributed by atoms with E-state index in [1.54, 1.807) is 29.2 Å². The second kappa shape index (κ2) is 10.1. The molecule has 1 aliphatic rings. The molecule has 0 unspecified atom stereocenters. The van der Waals surface area contributed by atoms with Gasteiger partial charge in [0.05, 0.1) is 12.2 Å². The number of para-hydroxylation sites is 2. The Morgan fingerprint density at radius 3 is 2.44 bits per heavy atom. The summed E-state index contributed by atoms with van der Waals surface area (Å²) in [5.41, 5.74) is 0.764. The van der Waals surface area contributed by atoms with E-state index in [9.17, 15) is 19.1 Å². The maximum Gasteiger partial charge on any atom is 0.237 e. The van der Waals surface area contributed by atoms with Crippen molar-refractivity contribution in [3.63, 3.8) is 0 Å². The highest BCUT2D eigenvalue weighted by Crippen LogP contribution is 2.25. The lowest BCUT2D eigenvalue weighted by molar-refractivity contribution is -0.138. The zero-order valence-electron chi connectivity index (χ0n) is 19.0. The lowest BCUT2D eigenvalue weighted by Gasteiger charge is -2.38. The molecule has 1 fully saturated rings. The zero-order chi connectivity index (χ0) is 23.3. The minimum Gasteiger partial charge on any atom is -0.506 e. The van der Waals surface area contributed by atoms with Gasteiger partial charge in [-0.1, -0.05) is 24.3 Å². The van der Waals surface area contributed by atoms with Gasteiger partial charge >= 0.3 is 0 Å². The number of nitrogens with zero attached hydrogens (tertiary/aromatic N) is 2. The van der Waals surface area contributed by atoms with E-state index in [2.05, 4.69) is 10.2 Å². The van der Waals surface area contributed by atoms with Crippen LogP contribution in [0.4, 0.5) is 10.1 Å². The molecule has 0 radical (unpaired) electrons. The van der Waals surface area contributed by atoms with Crippen molar-refractivity contribution >= 4 is 17.5 Å². The molecule has 172 valence electrons. The second-order valence-electron chi connectivity index (χ2n) is 9.34. The second-order valence-corrected chi connectivity index (χ2v) is 9.34. The molecule has 0 aliphatic carbocycles. The molecule has 0 bridgehead atoms. The summed E-state index contributed by atoms with van der Waals surface area (Å²) < 4.78 is 13.6. The van der Waals surface area contributed by atoms with Crippen LogP contribution in [0.3, 0.4) is 0 Å². The predicted octanol–water partition coefficient (Wildman–Crippen LogP) is 4.01. The number of benzene rings is 2. The molecule has 2 aromatic rings. The van der Waals surface area contributed by atoms with Crippen molar-refractivity contribution in [1.82, 2.24) is 9.80 Å². The molecule has 0 atom stereocenters. The predicted molar refractivity (Wildman–Crippen MR) is 123 cm³/mol. The van der Waals surface area contributed by atoms with E-state index in [1.807, 2.05) is 26.8 Å². The highest BCUT2D eigenvalue weighted by molar-refractivity contribution is 5.94. The molecule has 3 rings (SSSR count). The van der Waals surface area contributed by atoms with Crippen LogP contribution in [0, 0.1) is 11.7 Å². The summed E-state index contributed by atoms with van der Waals surface area (Å²) >= 11 is 0. The smallest absolute Gasteiger partial charge is 0.237 e. The molecule has 2 amide bonds. The number of rotatable bonds is 6. The fourth-order valence-corrected chi connectivity index (χ4v) is 3.96. The third-order valence-corrected chi connectivity index (χ3v) is 5.82. The van der Waals surface area contributed by atoms with Gasteiger partial charge in [0.25, 0.3) is 0 Å². The van der Waals surface area contributed by atoms with E-state index >= 15 is 0 Å². The van der Waals surface area contributed by atoms with E-state index in [1.165, 1.54) is 18.2 Å². The van der Waals surface area contributed by atoms with Gasteiger partial charge in [-0.25, -0.2) is 4.39 Å². The van der Waals surface area contributed by atoms with Crippen LogP contribution in [0.25, 0.3) is 0 Å². The van der Waals surface area contributed by atoms with E-state index in [4.69, 9.17) is 0 Å².